The number of anilines is 1. The number of nitrogens with two attached hydrogens (primary N) is 1. The van der Waals surface area contributed by atoms with Crippen molar-refractivity contribution in [1.82, 2.24) is 4.98 Å². The standard InChI is InChI=1S/C15H27N3S/c1-10-7-6-8-18(9-10)14-17-13(15(3,4)5)12(19-14)11(2)16/h10-11H,6-9,16H2,1-5H3. The molecule has 1 fully saturated rings. The SMILES string of the molecule is CC1CCCN(c2nc(C(C)(C)C)c(C(C)N)s2)C1. The van der Waals surface area contributed by atoms with Crippen molar-refractivity contribution < 1.29 is 0 Å². The van der Waals surface area contributed by atoms with Crippen molar-refractivity contribution in [3.63, 3.8) is 0 Å². The summed E-state index contributed by atoms with van der Waals surface area (Å²) >= 11 is 1.79. The van der Waals surface area contributed by atoms with Crippen LogP contribution in [0.5, 0.6) is 0 Å². The summed E-state index contributed by atoms with van der Waals surface area (Å²) < 4.78 is 0. The van der Waals surface area contributed by atoms with E-state index in [4.69, 9.17) is 10.7 Å². The third-order valence-electron chi connectivity index (χ3n) is 3.69. The molecule has 2 rings (SSSR count). The topological polar surface area (TPSA) is 42.2 Å². The lowest BCUT2D eigenvalue weighted by Crippen LogP contribution is -2.34. The first-order valence-electron chi connectivity index (χ1n) is 7.30. The zero-order valence-corrected chi connectivity index (χ0v) is 13.7. The van der Waals surface area contributed by atoms with Crippen LogP contribution in [0.2, 0.25) is 0 Å². The number of hydrogen-bond donors (Lipinski definition) is 1. The van der Waals surface area contributed by atoms with Gasteiger partial charge in [0.1, 0.15) is 0 Å². The molecule has 0 spiro atoms. The van der Waals surface area contributed by atoms with Crippen LogP contribution >= 0.6 is 11.3 Å². The van der Waals surface area contributed by atoms with Crippen LogP contribution in [0.25, 0.3) is 0 Å². The minimum Gasteiger partial charge on any atom is -0.348 e. The molecule has 0 saturated carbocycles. The lowest BCUT2D eigenvalue weighted by atomic mass is 9.90. The summed E-state index contributed by atoms with van der Waals surface area (Å²) in [4.78, 5) is 8.62. The van der Waals surface area contributed by atoms with Gasteiger partial charge in [-0.1, -0.05) is 39.0 Å². The molecule has 108 valence electrons. The van der Waals surface area contributed by atoms with E-state index in [0.29, 0.717) is 0 Å². The average Bonchev–Trinajstić information content (AvgIpc) is 2.73. The van der Waals surface area contributed by atoms with Gasteiger partial charge in [-0.05, 0) is 25.7 Å². The van der Waals surface area contributed by atoms with Gasteiger partial charge in [0.25, 0.3) is 0 Å². The van der Waals surface area contributed by atoms with Gasteiger partial charge < -0.3 is 10.6 Å². The molecule has 0 bridgehead atoms. The van der Waals surface area contributed by atoms with E-state index in [0.717, 1.165) is 19.0 Å². The minimum atomic E-state index is 0.0686. The molecule has 1 aliphatic rings. The van der Waals surface area contributed by atoms with Gasteiger partial charge in [-0.3, -0.25) is 0 Å². The fourth-order valence-corrected chi connectivity index (χ4v) is 3.93. The first-order valence-corrected chi connectivity index (χ1v) is 8.12. The molecular weight excluding hydrogens is 254 g/mol. The lowest BCUT2D eigenvalue weighted by molar-refractivity contribution is 0.445. The highest BCUT2D eigenvalue weighted by Gasteiger charge is 2.27. The number of nitrogens with zero attached hydrogens (tertiary/aromatic N) is 2. The van der Waals surface area contributed by atoms with Crippen LogP contribution < -0.4 is 10.6 Å². The third-order valence-corrected chi connectivity index (χ3v) is 5.01. The Morgan fingerprint density at radius 3 is 2.58 bits per heavy atom. The molecule has 4 heteroatoms. The summed E-state index contributed by atoms with van der Waals surface area (Å²) in [6.07, 6.45) is 2.62. The number of rotatable bonds is 2. The van der Waals surface area contributed by atoms with E-state index in [1.54, 1.807) is 11.3 Å². The number of piperidine rings is 1. The fraction of sp³-hybridized carbons (Fsp3) is 0.800. The zero-order chi connectivity index (χ0) is 14.2. The molecule has 2 heterocycles. The highest BCUT2D eigenvalue weighted by atomic mass is 32.1. The van der Waals surface area contributed by atoms with Gasteiger partial charge in [0.2, 0.25) is 0 Å². The summed E-state index contributed by atoms with van der Waals surface area (Å²) in [5, 5.41) is 1.17. The Morgan fingerprint density at radius 2 is 2.11 bits per heavy atom. The van der Waals surface area contributed by atoms with E-state index in [1.807, 2.05) is 0 Å². The largest absolute Gasteiger partial charge is 0.348 e. The van der Waals surface area contributed by atoms with Gasteiger partial charge in [0.05, 0.1) is 5.69 Å². The first-order chi connectivity index (χ1) is 8.79. The molecule has 1 aromatic heterocycles. The van der Waals surface area contributed by atoms with Crippen LogP contribution in [0.1, 0.15) is 64.1 Å². The predicted molar refractivity (Wildman–Crippen MR) is 84.0 cm³/mol. The third kappa shape index (κ3) is 3.29. The maximum atomic E-state index is 6.13. The second-order valence-electron chi connectivity index (χ2n) is 6.94. The molecule has 1 saturated heterocycles. The van der Waals surface area contributed by atoms with Crippen molar-refractivity contribution in [1.29, 1.82) is 0 Å². The van der Waals surface area contributed by atoms with Gasteiger partial charge in [-0.15, -0.1) is 0 Å². The van der Waals surface area contributed by atoms with Crippen LogP contribution in [0.15, 0.2) is 0 Å². The quantitative estimate of drug-likeness (QED) is 0.899. The zero-order valence-electron chi connectivity index (χ0n) is 12.9. The van der Waals surface area contributed by atoms with Crippen LogP contribution in [0, 0.1) is 5.92 Å². The van der Waals surface area contributed by atoms with Gasteiger partial charge in [0, 0.05) is 29.4 Å². The van der Waals surface area contributed by atoms with Crippen molar-refractivity contribution in [2.24, 2.45) is 11.7 Å². The van der Waals surface area contributed by atoms with E-state index >= 15 is 0 Å². The Kier molecular flexibility index (Phi) is 4.21. The number of thiazole rings is 1. The molecule has 0 amide bonds. The molecule has 2 unspecified atom stereocenters. The highest BCUT2D eigenvalue weighted by molar-refractivity contribution is 7.15. The van der Waals surface area contributed by atoms with Gasteiger partial charge in [0.15, 0.2) is 5.13 Å². The van der Waals surface area contributed by atoms with Gasteiger partial charge in [-0.25, -0.2) is 4.98 Å². The van der Waals surface area contributed by atoms with Crippen LogP contribution in [-0.4, -0.2) is 18.1 Å². The Balaban J connectivity index is 2.32. The lowest BCUT2D eigenvalue weighted by Gasteiger charge is -2.30. The Hall–Kier alpha value is -0.610. The fourth-order valence-electron chi connectivity index (χ4n) is 2.66. The smallest absolute Gasteiger partial charge is 0.185 e. The van der Waals surface area contributed by atoms with E-state index in [2.05, 4.69) is 39.5 Å². The molecular formula is C15H27N3S. The molecule has 2 N–H and O–H groups in total. The van der Waals surface area contributed by atoms with Crippen molar-refractivity contribution in [2.75, 3.05) is 18.0 Å². The Bertz CT molecular complexity index is 431. The van der Waals surface area contributed by atoms with Crippen molar-refractivity contribution in [2.45, 2.75) is 58.9 Å². The van der Waals surface area contributed by atoms with E-state index in [9.17, 15) is 0 Å². The van der Waals surface area contributed by atoms with E-state index in [-0.39, 0.29) is 11.5 Å². The van der Waals surface area contributed by atoms with Crippen LogP contribution in [-0.2, 0) is 5.41 Å². The van der Waals surface area contributed by atoms with Gasteiger partial charge in [-0.2, -0.15) is 0 Å². The maximum absolute atomic E-state index is 6.13. The summed E-state index contributed by atoms with van der Waals surface area (Å²) in [6.45, 7) is 13.3. The number of aromatic nitrogens is 1. The monoisotopic (exact) mass is 281 g/mol. The number of hydrogen-bond acceptors (Lipinski definition) is 4. The average molecular weight is 281 g/mol. The molecule has 0 aliphatic carbocycles. The van der Waals surface area contributed by atoms with Crippen molar-refractivity contribution in [3.8, 4) is 0 Å². The molecule has 1 aliphatic heterocycles. The molecule has 19 heavy (non-hydrogen) atoms. The second kappa shape index (κ2) is 5.41. The van der Waals surface area contributed by atoms with Crippen LogP contribution in [0.3, 0.4) is 0 Å². The normalized spacial score (nSPS) is 22.6. The molecule has 3 nitrogen and oxygen atoms in total. The van der Waals surface area contributed by atoms with Gasteiger partial charge >= 0.3 is 0 Å². The first kappa shape index (κ1) is 14.8. The van der Waals surface area contributed by atoms with E-state index < -0.39 is 0 Å². The Morgan fingerprint density at radius 1 is 1.42 bits per heavy atom. The summed E-state index contributed by atoms with van der Waals surface area (Å²) in [5.41, 5.74) is 7.38. The highest BCUT2D eigenvalue weighted by Crippen LogP contribution is 2.37. The Labute approximate surface area is 121 Å². The molecule has 0 radical (unpaired) electrons. The maximum Gasteiger partial charge on any atom is 0.185 e. The molecule has 2 atom stereocenters. The minimum absolute atomic E-state index is 0.0686. The second-order valence-corrected chi connectivity index (χ2v) is 7.95. The molecule has 1 aromatic rings. The summed E-state index contributed by atoms with van der Waals surface area (Å²) in [7, 11) is 0. The summed E-state index contributed by atoms with van der Waals surface area (Å²) in [5.74, 6) is 0.773. The van der Waals surface area contributed by atoms with Crippen molar-refractivity contribution in [3.05, 3.63) is 10.6 Å². The predicted octanol–water partition coefficient (Wildman–Crippen LogP) is 3.70. The van der Waals surface area contributed by atoms with Crippen molar-refractivity contribution >= 4 is 16.5 Å². The molecule has 0 aromatic carbocycles. The van der Waals surface area contributed by atoms with Crippen LogP contribution in [0.4, 0.5) is 5.13 Å². The van der Waals surface area contributed by atoms with E-state index in [1.165, 1.54) is 28.5 Å². The summed E-state index contributed by atoms with van der Waals surface area (Å²) in [6, 6.07) is 0.0719.